The number of rotatable bonds is 0. The molecule has 10 heavy (non-hydrogen) atoms. The van der Waals surface area contributed by atoms with E-state index in [-0.39, 0.29) is 12.1 Å². The van der Waals surface area contributed by atoms with Gasteiger partial charge in [-0.15, -0.1) is 0 Å². The Morgan fingerprint density at radius 2 is 1.70 bits per heavy atom. The molecule has 0 saturated heterocycles. The van der Waals surface area contributed by atoms with E-state index in [1.54, 1.807) is 0 Å². The van der Waals surface area contributed by atoms with Gasteiger partial charge in [-0.2, -0.15) is 0 Å². The van der Waals surface area contributed by atoms with Gasteiger partial charge in [0.05, 0.1) is 12.2 Å². The molecule has 0 spiro atoms. The summed E-state index contributed by atoms with van der Waals surface area (Å²) in [5, 5.41) is 18.2. The minimum absolute atomic E-state index is 0.0617. The second-order valence-electron chi connectivity index (χ2n) is 2.95. The Balaban J connectivity index is 2.49. The molecule has 0 aromatic heterocycles. The topological polar surface area (TPSA) is 92.5 Å². The molecular weight excluding hydrogens is 132 g/mol. The maximum absolute atomic E-state index is 9.13. The molecule has 6 N–H and O–H groups in total. The predicted octanol–water partition coefficient (Wildman–Crippen LogP) is -1.84. The third kappa shape index (κ3) is 1.46. The van der Waals surface area contributed by atoms with Crippen LogP contribution >= 0.6 is 0 Å². The normalized spacial score (nSPS) is 49.2. The van der Waals surface area contributed by atoms with Gasteiger partial charge in [0.25, 0.3) is 0 Å². The molecule has 1 aliphatic carbocycles. The average Bonchev–Trinajstić information content (AvgIpc) is 1.82. The molecule has 0 aromatic carbocycles. The monoisotopic (exact) mass is 146 g/mol. The van der Waals surface area contributed by atoms with Crippen LogP contribution < -0.4 is 11.5 Å². The zero-order chi connectivity index (χ0) is 7.72. The lowest BCUT2D eigenvalue weighted by Gasteiger charge is -2.32. The van der Waals surface area contributed by atoms with Gasteiger partial charge in [0.2, 0.25) is 0 Å². The average molecular weight is 146 g/mol. The highest BCUT2D eigenvalue weighted by molar-refractivity contribution is 4.89. The molecule has 1 saturated carbocycles. The van der Waals surface area contributed by atoms with E-state index >= 15 is 0 Å². The highest BCUT2D eigenvalue weighted by atomic mass is 16.3. The van der Waals surface area contributed by atoms with Crippen molar-refractivity contribution in [3.05, 3.63) is 0 Å². The number of aliphatic hydroxyl groups is 2. The Labute approximate surface area is 59.8 Å². The summed E-state index contributed by atoms with van der Waals surface area (Å²) >= 11 is 0. The number of hydrogen-bond acceptors (Lipinski definition) is 4. The zero-order valence-electron chi connectivity index (χ0n) is 5.77. The highest BCUT2D eigenvalue weighted by Crippen LogP contribution is 2.16. The maximum Gasteiger partial charge on any atom is 0.0950 e. The second kappa shape index (κ2) is 2.84. The molecule has 0 bridgehead atoms. The third-order valence-corrected chi connectivity index (χ3v) is 1.95. The van der Waals surface area contributed by atoms with Crippen LogP contribution in [0.3, 0.4) is 0 Å². The van der Waals surface area contributed by atoms with Crippen LogP contribution in [-0.2, 0) is 0 Å². The van der Waals surface area contributed by atoms with Crippen LogP contribution in [0.2, 0.25) is 0 Å². The van der Waals surface area contributed by atoms with E-state index in [0.717, 1.165) is 0 Å². The number of aliphatic hydroxyl groups excluding tert-OH is 2. The number of hydrogen-bond donors (Lipinski definition) is 4. The highest BCUT2D eigenvalue weighted by Gasteiger charge is 2.31. The van der Waals surface area contributed by atoms with Gasteiger partial charge in [-0.1, -0.05) is 0 Å². The lowest BCUT2D eigenvalue weighted by molar-refractivity contribution is -0.0259. The van der Waals surface area contributed by atoms with Gasteiger partial charge < -0.3 is 21.7 Å². The van der Waals surface area contributed by atoms with Crippen LogP contribution in [0, 0.1) is 0 Å². The molecule has 0 heterocycles. The van der Waals surface area contributed by atoms with E-state index in [4.69, 9.17) is 21.7 Å². The molecule has 4 atom stereocenters. The summed E-state index contributed by atoms with van der Waals surface area (Å²) in [6.45, 7) is 0. The first-order valence-corrected chi connectivity index (χ1v) is 3.48. The Morgan fingerprint density at radius 1 is 1.10 bits per heavy atom. The fraction of sp³-hybridized carbons (Fsp3) is 1.00. The van der Waals surface area contributed by atoms with E-state index in [2.05, 4.69) is 0 Å². The first-order chi connectivity index (χ1) is 4.61. The molecule has 1 aliphatic rings. The van der Waals surface area contributed by atoms with Crippen LogP contribution in [0.25, 0.3) is 0 Å². The molecule has 60 valence electrons. The van der Waals surface area contributed by atoms with Crippen molar-refractivity contribution in [2.45, 2.75) is 37.1 Å². The van der Waals surface area contributed by atoms with Gasteiger partial charge in [-0.05, 0) is 12.8 Å². The Morgan fingerprint density at radius 3 is 2.20 bits per heavy atom. The fourth-order valence-electron chi connectivity index (χ4n) is 1.32. The first-order valence-electron chi connectivity index (χ1n) is 3.48. The smallest absolute Gasteiger partial charge is 0.0950 e. The molecule has 0 amide bonds. The van der Waals surface area contributed by atoms with Crippen molar-refractivity contribution in [2.24, 2.45) is 11.5 Å². The summed E-state index contributed by atoms with van der Waals surface area (Å²) in [4.78, 5) is 0. The minimum atomic E-state index is -0.792. The molecule has 0 aliphatic heterocycles. The summed E-state index contributed by atoms with van der Waals surface area (Å²) in [6.07, 6.45) is -0.480. The van der Waals surface area contributed by atoms with Crippen molar-refractivity contribution in [1.29, 1.82) is 0 Å². The Hall–Kier alpha value is -0.160. The van der Waals surface area contributed by atoms with Crippen molar-refractivity contribution >= 4 is 0 Å². The van der Waals surface area contributed by atoms with Crippen molar-refractivity contribution in [1.82, 2.24) is 0 Å². The van der Waals surface area contributed by atoms with Crippen molar-refractivity contribution in [3.63, 3.8) is 0 Å². The first kappa shape index (κ1) is 7.94. The summed E-state index contributed by atoms with van der Waals surface area (Å²) in [5.74, 6) is 0. The van der Waals surface area contributed by atoms with Crippen LogP contribution in [0.1, 0.15) is 12.8 Å². The van der Waals surface area contributed by atoms with Crippen LogP contribution in [0.15, 0.2) is 0 Å². The van der Waals surface area contributed by atoms with Crippen LogP contribution in [0.5, 0.6) is 0 Å². The van der Waals surface area contributed by atoms with Crippen LogP contribution in [-0.4, -0.2) is 34.5 Å². The third-order valence-electron chi connectivity index (χ3n) is 1.95. The van der Waals surface area contributed by atoms with Gasteiger partial charge in [-0.25, -0.2) is 0 Å². The van der Waals surface area contributed by atoms with E-state index in [0.29, 0.717) is 12.8 Å². The fourth-order valence-corrected chi connectivity index (χ4v) is 1.32. The molecule has 1 fully saturated rings. The van der Waals surface area contributed by atoms with E-state index in [9.17, 15) is 0 Å². The summed E-state index contributed by atoms with van der Waals surface area (Å²) in [7, 11) is 0. The molecule has 0 unspecified atom stereocenters. The predicted molar refractivity (Wildman–Crippen MR) is 37.2 cm³/mol. The second-order valence-corrected chi connectivity index (χ2v) is 2.95. The quantitative estimate of drug-likeness (QED) is 0.323. The largest absolute Gasteiger partial charge is 0.390 e. The van der Waals surface area contributed by atoms with E-state index in [1.807, 2.05) is 0 Å². The van der Waals surface area contributed by atoms with Gasteiger partial charge in [0.1, 0.15) is 0 Å². The molecule has 0 aromatic rings. The standard InChI is InChI=1S/C6H14N2O2/c7-3-1-4(8)6(10)5(9)2-3/h3-6,9-10H,1-2,7-8H2/t3-,4-,5-,6+/m1/s1. The maximum atomic E-state index is 9.13. The minimum Gasteiger partial charge on any atom is -0.390 e. The molecule has 1 rings (SSSR count). The summed E-state index contributed by atoms with van der Waals surface area (Å²) in [5.41, 5.74) is 11.0. The SMILES string of the molecule is N[C@@H]1C[C@@H](N)[C@H](O)[C@H](O)C1. The van der Waals surface area contributed by atoms with E-state index < -0.39 is 12.2 Å². The molecule has 0 radical (unpaired) electrons. The Kier molecular flexibility index (Phi) is 2.25. The number of nitrogens with two attached hydrogens (primary N) is 2. The lowest BCUT2D eigenvalue weighted by atomic mass is 9.87. The van der Waals surface area contributed by atoms with Crippen LogP contribution in [0.4, 0.5) is 0 Å². The summed E-state index contributed by atoms with van der Waals surface area (Å²) in [6, 6.07) is -0.424. The van der Waals surface area contributed by atoms with Gasteiger partial charge in [0.15, 0.2) is 0 Å². The van der Waals surface area contributed by atoms with Gasteiger partial charge >= 0.3 is 0 Å². The zero-order valence-corrected chi connectivity index (χ0v) is 5.77. The van der Waals surface area contributed by atoms with E-state index in [1.165, 1.54) is 0 Å². The lowest BCUT2D eigenvalue weighted by Crippen LogP contribution is -2.52. The van der Waals surface area contributed by atoms with Gasteiger partial charge in [-0.3, -0.25) is 0 Å². The molecule has 4 heteroatoms. The molecular formula is C6H14N2O2. The van der Waals surface area contributed by atoms with Crippen molar-refractivity contribution < 1.29 is 10.2 Å². The Bertz CT molecular complexity index is 108. The van der Waals surface area contributed by atoms with Crippen molar-refractivity contribution in [3.8, 4) is 0 Å². The van der Waals surface area contributed by atoms with Gasteiger partial charge in [0, 0.05) is 12.1 Å². The molecule has 4 nitrogen and oxygen atoms in total. The van der Waals surface area contributed by atoms with Crippen molar-refractivity contribution in [2.75, 3.05) is 0 Å². The summed E-state index contributed by atoms with van der Waals surface area (Å²) < 4.78 is 0.